The second kappa shape index (κ2) is 1.99. The molecule has 0 saturated heterocycles. The van der Waals surface area contributed by atoms with Gasteiger partial charge in [-0.2, -0.15) is 0 Å². The molecule has 2 nitrogen and oxygen atoms in total. The van der Waals surface area contributed by atoms with E-state index < -0.39 is 0 Å². The lowest BCUT2D eigenvalue weighted by molar-refractivity contribution is 0.165. The molecule has 0 unspecified atom stereocenters. The van der Waals surface area contributed by atoms with Gasteiger partial charge in [0.15, 0.2) is 0 Å². The van der Waals surface area contributed by atoms with Crippen molar-refractivity contribution in [1.29, 1.82) is 0 Å². The highest BCUT2D eigenvalue weighted by atomic mass is 16.6. The van der Waals surface area contributed by atoms with Gasteiger partial charge in [-0.25, -0.2) is 0 Å². The van der Waals surface area contributed by atoms with E-state index in [0.717, 1.165) is 0 Å². The van der Waals surface area contributed by atoms with Crippen molar-refractivity contribution >= 4 is 6.21 Å². The van der Waals surface area contributed by atoms with Crippen LogP contribution in [0.15, 0.2) is 16.3 Å². The Balaban J connectivity index is 2.76. The number of hydrogen-bond acceptors (Lipinski definition) is 2. The van der Waals surface area contributed by atoms with Crippen LogP contribution in [0.25, 0.3) is 0 Å². The lowest BCUT2D eigenvalue weighted by atomic mass is 10.2. The number of allylic oxidation sites excluding steroid dienone is 1. The van der Waals surface area contributed by atoms with Crippen molar-refractivity contribution in [2.24, 2.45) is 5.16 Å². The quantitative estimate of drug-likeness (QED) is 0.462. The molecule has 0 fully saturated rings. The van der Waals surface area contributed by atoms with E-state index in [0.29, 0.717) is 6.61 Å². The highest BCUT2D eigenvalue weighted by Gasteiger charge is 1.98. The van der Waals surface area contributed by atoms with Crippen LogP contribution < -0.4 is 0 Å². The minimum atomic E-state index is 0.655. The summed E-state index contributed by atoms with van der Waals surface area (Å²) >= 11 is 0. The van der Waals surface area contributed by atoms with Crippen molar-refractivity contribution in [3.63, 3.8) is 0 Å². The maximum absolute atomic E-state index is 4.76. The fourth-order valence-electron chi connectivity index (χ4n) is 0.474. The molecule has 0 aromatic rings. The Hall–Kier alpha value is -0.790. The third kappa shape index (κ3) is 0.886. The highest BCUT2D eigenvalue weighted by molar-refractivity contribution is 5.78. The molecule has 8 heavy (non-hydrogen) atoms. The fraction of sp³-hybridized carbons (Fsp3) is 0.500. The third-order valence-corrected chi connectivity index (χ3v) is 1.28. The largest absolute Gasteiger partial charge is 0.391 e. The molecule has 0 aliphatic carbocycles. The first-order chi connectivity index (χ1) is 3.80. The van der Waals surface area contributed by atoms with Crippen LogP contribution in [0.2, 0.25) is 0 Å². The molecule has 0 bridgehead atoms. The lowest BCUT2D eigenvalue weighted by Gasteiger charge is -2.06. The molecule has 0 amide bonds. The number of rotatable bonds is 0. The molecule has 1 aliphatic heterocycles. The maximum Gasteiger partial charge on any atom is 0.138 e. The van der Waals surface area contributed by atoms with Gasteiger partial charge in [0.2, 0.25) is 0 Å². The normalized spacial score (nSPS) is 18.8. The van der Waals surface area contributed by atoms with E-state index in [1.807, 2.05) is 13.8 Å². The molecule has 0 spiro atoms. The molecule has 1 heterocycles. The Labute approximate surface area is 48.8 Å². The molecule has 0 aromatic carbocycles. The molecule has 44 valence electrons. The summed E-state index contributed by atoms with van der Waals surface area (Å²) in [6.07, 6.45) is 1.73. The standard InChI is InChI=1S/C6H9NO/c1-5-3-7-8-4-6(5)2/h3H,4H2,1-2H3. The van der Waals surface area contributed by atoms with Gasteiger partial charge in [-0.3, -0.25) is 0 Å². The fourth-order valence-corrected chi connectivity index (χ4v) is 0.474. The Morgan fingerprint density at radius 1 is 1.62 bits per heavy atom. The Bertz CT molecular complexity index is 147. The Kier molecular flexibility index (Phi) is 1.33. The topological polar surface area (TPSA) is 21.6 Å². The molecule has 0 aromatic heterocycles. The molecule has 1 aliphatic rings. The van der Waals surface area contributed by atoms with Gasteiger partial charge in [0.1, 0.15) is 6.61 Å². The minimum absolute atomic E-state index is 0.655. The summed E-state index contributed by atoms with van der Waals surface area (Å²) in [5.41, 5.74) is 2.48. The highest BCUT2D eigenvalue weighted by Crippen LogP contribution is 2.05. The second-order valence-electron chi connectivity index (χ2n) is 1.97. The summed E-state index contributed by atoms with van der Waals surface area (Å²) < 4.78 is 0. The number of hydrogen-bond donors (Lipinski definition) is 0. The first-order valence-corrected chi connectivity index (χ1v) is 2.62. The van der Waals surface area contributed by atoms with Crippen molar-refractivity contribution in [3.8, 4) is 0 Å². The Morgan fingerprint density at radius 3 is 2.75 bits per heavy atom. The summed E-state index contributed by atoms with van der Waals surface area (Å²) in [7, 11) is 0. The zero-order valence-electron chi connectivity index (χ0n) is 5.14. The summed E-state index contributed by atoms with van der Waals surface area (Å²) in [5.74, 6) is 0. The van der Waals surface area contributed by atoms with E-state index in [4.69, 9.17) is 4.84 Å². The van der Waals surface area contributed by atoms with E-state index in [1.54, 1.807) is 6.21 Å². The predicted molar refractivity (Wildman–Crippen MR) is 32.8 cm³/mol. The van der Waals surface area contributed by atoms with Crippen LogP contribution in [-0.4, -0.2) is 12.8 Å². The smallest absolute Gasteiger partial charge is 0.138 e. The van der Waals surface area contributed by atoms with Crippen LogP contribution in [0.1, 0.15) is 13.8 Å². The summed E-state index contributed by atoms with van der Waals surface area (Å²) in [6, 6.07) is 0. The van der Waals surface area contributed by atoms with Crippen molar-refractivity contribution in [2.45, 2.75) is 13.8 Å². The third-order valence-electron chi connectivity index (χ3n) is 1.28. The molecular formula is C6H9NO. The first kappa shape index (κ1) is 5.35. The van der Waals surface area contributed by atoms with E-state index in [2.05, 4.69) is 5.16 Å². The van der Waals surface area contributed by atoms with E-state index >= 15 is 0 Å². The molecule has 0 atom stereocenters. The molecule has 0 saturated carbocycles. The van der Waals surface area contributed by atoms with Gasteiger partial charge < -0.3 is 4.84 Å². The van der Waals surface area contributed by atoms with E-state index in [9.17, 15) is 0 Å². The maximum atomic E-state index is 4.76. The summed E-state index contributed by atoms with van der Waals surface area (Å²) in [4.78, 5) is 4.76. The zero-order valence-corrected chi connectivity index (χ0v) is 5.14. The van der Waals surface area contributed by atoms with Gasteiger partial charge in [-0.1, -0.05) is 5.16 Å². The minimum Gasteiger partial charge on any atom is -0.391 e. The van der Waals surface area contributed by atoms with Crippen LogP contribution in [0.4, 0.5) is 0 Å². The Morgan fingerprint density at radius 2 is 2.38 bits per heavy atom. The summed E-state index contributed by atoms with van der Waals surface area (Å²) in [6.45, 7) is 4.73. The van der Waals surface area contributed by atoms with Crippen LogP contribution in [0.5, 0.6) is 0 Å². The SMILES string of the molecule is CC1=C(C)CON=C1. The summed E-state index contributed by atoms with van der Waals surface area (Å²) in [5, 5.41) is 3.63. The van der Waals surface area contributed by atoms with Crippen molar-refractivity contribution in [1.82, 2.24) is 0 Å². The molecule has 1 rings (SSSR count). The lowest BCUT2D eigenvalue weighted by Crippen LogP contribution is -2.00. The van der Waals surface area contributed by atoms with E-state index in [-0.39, 0.29) is 0 Å². The van der Waals surface area contributed by atoms with Gasteiger partial charge in [0, 0.05) is 0 Å². The second-order valence-corrected chi connectivity index (χ2v) is 1.97. The van der Waals surface area contributed by atoms with Crippen LogP contribution in [-0.2, 0) is 4.84 Å². The van der Waals surface area contributed by atoms with E-state index in [1.165, 1.54) is 11.1 Å². The van der Waals surface area contributed by atoms with Crippen molar-refractivity contribution in [3.05, 3.63) is 11.1 Å². The predicted octanol–water partition coefficient (Wildman–Crippen LogP) is 1.34. The monoisotopic (exact) mass is 111 g/mol. The van der Waals surface area contributed by atoms with Crippen molar-refractivity contribution < 1.29 is 4.84 Å². The average molecular weight is 111 g/mol. The van der Waals surface area contributed by atoms with Crippen LogP contribution in [0, 0.1) is 0 Å². The van der Waals surface area contributed by atoms with Gasteiger partial charge in [-0.15, -0.1) is 0 Å². The molecule has 0 N–H and O–H groups in total. The van der Waals surface area contributed by atoms with Crippen molar-refractivity contribution in [2.75, 3.05) is 6.61 Å². The zero-order chi connectivity index (χ0) is 5.98. The molecular weight excluding hydrogens is 102 g/mol. The van der Waals surface area contributed by atoms with Gasteiger partial charge in [0.25, 0.3) is 0 Å². The number of oxime groups is 1. The van der Waals surface area contributed by atoms with Gasteiger partial charge >= 0.3 is 0 Å². The molecule has 0 radical (unpaired) electrons. The van der Waals surface area contributed by atoms with Crippen LogP contribution >= 0.6 is 0 Å². The number of nitrogens with zero attached hydrogens (tertiary/aromatic N) is 1. The average Bonchev–Trinajstić information content (AvgIpc) is 1.77. The van der Waals surface area contributed by atoms with Gasteiger partial charge in [-0.05, 0) is 25.0 Å². The molecule has 2 heteroatoms. The van der Waals surface area contributed by atoms with Gasteiger partial charge in [0.05, 0.1) is 6.21 Å². The van der Waals surface area contributed by atoms with Crippen LogP contribution in [0.3, 0.4) is 0 Å². The first-order valence-electron chi connectivity index (χ1n) is 2.62.